The smallest absolute Gasteiger partial charge is 0.227 e. The van der Waals surface area contributed by atoms with E-state index in [-0.39, 0.29) is 5.91 Å². The molecule has 5 nitrogen and oxygen atoms in total. The number of carbonyl (C=O) groups is 1. The number of unbranched alkanes of at least 4 members (excludes halogenated alkanes) is 1. The number of ether oxygens (including phenoxy) is 1. The Kier molecular flexibility index (Phi) is 6.58. The number of carbonyl (C=O) groups excluding carboxylic acids is 1. The molecule has 0 bridgehead atoms. The molecular weight excluding hydrogens is 338 g/mol. The van der Waals surface area contributed by atoms with Crippen molar-refractivity contribution in [3.05, 3.63) is 54.1 Å². The number of benzene rings is 2. The minimum Gasteiger partial charge on any atom is -0.494 e. The van der Waals surface area contributed by atoms with Gasteiger partial charge in [-0.05, 0) is 36.2 Å². The number of anilines is 2. The fourth-order valence-electron chi connectivity index (χ4n) is 3.30. The van der Waals surface area contributed by atoms with E-state index in [0.29, 0.717) is 6.42 Å². The maximum atomic E-state index is 12.6. The SMILES string of the molecule is CCCCOc1ccc(CC(=O)N2CCN(c3ccccc3N)CC2)cc1. The molecule has 1 fully saturated rings. The number of amides is 1. The van der Waals surface area contributed by atoms with Gasteiger partial charge >= 0.3 is 0 Å². The van der Waals surface area contributed by atoms with Crippen LogP contribution in [0.15, 0.2) is 48.5 Å². The number of hydrogen-bond acceptors (Lipinski definition) is 4. The molecule has 0 unspecified atom stereocenters. The first-order chi connectivity index (χ1) is 13.2. The van der Waals surface area contributed by atoms with E-state index in [9.17, 15) is 4.79 Å². The number of nitrogens with zero attached hydrogens (tertiary/aromatic N) is 2. The topological polar surface area (TPSA) is 58.8 Å². The van der Waals surface area contributed by atoms with Gasteiger partial charge in [0.2, 0.25) is 5.91 Å². The highest BCUT2D eigenvalue weighted by Gasteiger charge is 2.22. The summed E-state index contributed by atoms with van der Waals surface area (Å²) in [6.07, 6.45) is 2.61. The second-order valence-electron chi connectivity index (χ2n) is 6.95. The van der Waals surface area contributed by atoms with Gasteiger partial charge in [-0.2, -0.15) is 0 Å². The van der Waals surface area contributed by atoms with Crippen molar-refractivity contribution < 1.29 is 9.53 Å². The van der Waals surface area contributed by atoms with Crippen molar-refractivity contribution in [1.82, 2.24) is 4.90 Å². The zero-order valence-corrected chi connectivity index (χ0v) is 16.1. The van der Waals surface area contributed by atoms with Crippen LogP contribution < -0.4 is 15.4 Å². The van der Waals surface area contributed by atoms with Gasteiger partial charge in [0.1, 0.15) is 5.75 Å². The molecule has 2 aromatic carbocycles. The molecule has 1 aliphatic rings. The van der Waals surface area contributed by atoms with Gasteiger partial charge in [0.25, 0.3) is 0 Å². The first-order valence-electron chi connectivity index (χ1n) is 9.76. The van der Waals surface area contributed by atoms with Crippen LogP contribution in [-0.2, 0) is 11.2 Å². The van der Waals surface area contributed by atoms with E-state index in [1.54, 1.807) is 0 Å². The quantitative estimate of drug-likeness (QED) is 0.602. The molecule has 1 aliphatic heterocycles. The maximum Gasteiger partial charge on any atom is 0.227 e. The highest BCUT2D eigenvalue weighted by Crippen LogP contribution is 2.23. The molecule has 1 saturated heterocycles. The number of hydrogen-bond donors (Lipinski definition) is 1. The summed E-state index contributed by atoms with van der Waals surface area (Å²) in [4.78, 5) is 16.8. The van der Waals surface area contributed by atoms with Crippen LogP contribution in [-0.4, -0.2) is 43.6 Å². The summed E-state index contributed by atoms with van der Waals surface area (Å²) in [6, 6.07) is 15.8. The van der Waals surface area contributed by atoms with Crippen molar-refractivity contribution in [3.63, 3.8) is 0 Å². The maximum absolute atomic E-state index is 12.6. The van der Waals surface area contributed by atoms with Crippen molar-refractivity contribution in [1.29, 1.82) is 0 Å². The molecule has 27 heavy (non-hydrogen) atoms. The van der Waals surface area contributed by atoms with Crippen LogP contribution in [0.2, 0.25) is 0 Å². The Bertz CT molecular complexity index is 737. The van der Waals surface area contributed by atoms with Crippen LogP contribution in [0, 0.1) is 0 Å². The Morgan fingerprint density at radius 1 is 1.04 bits per heavy atom. The number of rotatable bonds is 7. The Balaban J connectivity index is 1.49. The van der Waals surface area contributed by atoms with Gasteiger partial charge in [0.15, 0.2) is 0 Å². The van der Waals surface area contributed by atoms with Gasteiger partial charge in [-0.3, -0.25) is 4.79 Å². The van der Waals surface area contributed by atoms with E-state index < -0.39 is 0 Å². The Hall–Kier alpha value is -2.69. The Labute approximate surface area is 161 Å². The summed E-state index contributed by atoms with van der Waals surface area (Å²) >= 11 is 0. The Morgan fingerprint density at radius 3 is 2.41 bits per heavy atom. The molecule has 0 aliphatic carbocycles. The average Bonchev–Trinajstić information content (AvgIpc) is 2.70. The molecular formula is C22H29N3O2. The molecule has 0 spiro atoms. The predicted octanol–water partition coefficient (Wildman–Crippen LogP) is 3.34. The van der Waals surface area contributed by atoms with Crippen molar-refractivity contribution in [2.24, 2.45) is 0 Å². The summed E-state index contributed by atoms with van der Waals surface area (Å²) in [5.41, 5.74) is 8.94. The van der Waals surface area contributed by atoms with E-state index in [0.717, 1.165) is 68.3 Å². The van der Waals surface area contributed by atoms with Gasteiger partial charge < -0.3 is 20.3 Å². The first kappa shape index (κ1) is 19.1. The lowest BCUT2D eigenvalue weighted by molar-refractivity contribution is -0.130. The van der Waals surface area contributed by atoms with E-state index in [1.165, 1.54) is 0 Å². The number of nitrogens with two attached hydrogens (primary N) is 1. The standard InChI is InChI=1S/C22H29N3O2/c1-2-3-16-27-19-10-8-18(9-11-19)17-22(26)25-14-12-24(13-15-25)21-7-5-4-6-20(21)23/h4-11H,2-3,12-17,23H2,1H3. The first-order valence-corrected chi connectivity index (χ1v) is 9.76. The molecule has 1 heterocycles. The average molecular weight is 367 g/mol. The van der Waals surface area contributed by atoms with Crippen molar-refractivity contribution >= 4 is 17.3 Å². The van der Waals surface area contributed by atoms with Crippen molar-refractivity contribution in [3.8, 4) is 5.75 Å². The molecule has 0 aromatic heterocycles. The molecule has 2 N–H and O–H groups in total. The Morgan fingerprint density at radius 2 is 1.74 bits per heavy atom. The second kappa shape index (κ2) is 9.31. The fraction of sp³-hybridized carbons (Fsp3) is 0.409. The molecule has 5 heteroatoms. The largest absolute Gasteiger partial charge is 0.494 e. The third-order valence-corrected chi connectivity index (χ3v) is 4.96. The van der Waals surface area contributed by atoms with Crippen LogP contribution in [0.3, 0.4) is 0 Å². The van der Waals surface area contributed by atoms with Crippen LogP contribution >= 0.6 is 0 Å². The number of para-hydroxylation sites is 2. The predicted molar refractivity (Wildman–Crippen MR) is 110 cm³/mol. The fourth-order valence-corrected chi connectivity index (χ4v) is 3.30. The monoisotopic (exact) mass is 367 g/mol. The highest BCUT2D eigenvalue weighted by molar-refractivity contribution is 5.79. The lowest BCUT2D eigenvalue weighted by Crippen LogP contribution is -2.49. The van der Waals surface area contributed by atoms with E-state index in [1.807, 2.05) is 53.4 Å². The molecule has 3 rings (SSSR count). The minimum atomic E-state index is 0.176. The van der Waals surface area contributed by atoms with Gasteiger partial charge in [-0.15, -0.1) is 0 Å². The van der Waals surface area contributed by atoms with Gasteiger partial charge in [-0.25, -0.2) is 0 Å². The zero-order valence-electron chi connectivity index (χ0n) is 16.1. The van der Waals surface area contributed by atoms with Crippen LogP contribution in [0.5, 0.6) is 5.75 Å². The molecule has 0 radical (unpaired) electrons. The summed E-state index contributed by atoms with van der Waals surface area (Å²) < 4.78 is 5.68. The molecule has 0 saturated carbocycles. The summed E-state index contributed by atoms with van der Waals surface area (Å²) in [5, 5.41) is 0. The summed E-state index contributed by atoms with van der Waals surface area (Å²) in [7, 11) is 0. The molecule has 1 amide bonds. The molecule has 144 valence electrons. The summed E-state index contributed by atoms with van der Waals surface area (Å²) in [5.74, 6) is 1.05. The van der Waals surface area contributed by atoms with Crippen molar-refractivity contribution in [2.45, 2.75) is 26.2 Å². The van der Waals surface area contributed by atoms with E-state index in [4.69, 9.17) is 10.5 Å². The number of piperazine rings is 1. The van der Waals surface area contributed by atoms with Crippen LogP contribution in [0.1, 0.15) is 25.3 Å². The number of nitrogen functional groups attached to an aromatic ring is 1. The van der Waals surface area contributed by atoms with Gasteiger partial charge in [-0.1, -0.05) is 37.6 Å². The van der Waals surface area contributed by atoms with Crippen LogP contribution in [0.4, 0.5) is 11.4 Å². The second-order valence-corrected chi connectivity index (χ2v) is 6.95. The minimum absolute atomic E-state index is 0.176. The zero-order chi connectivity index (χ0) is 19.1. The normalized spacial score (nSPS) is 14.3. The molecule has 2 aromatic rings. The lowest BCUT2D eigenvalue weighted by Gasteiger charge is -2.36. The third-order valence-electron chi connectivity index (χ3n) is 4.96. The van der Waals surface area contributed by atoms with Crippen molar-refractivity contribution in [2.75, 3.05) is 43.4 Å². The van der Waals surface area contributed by atoms with Gasteiger partial charge in [0, 0.05) is 26.2 Å². The third kappa shape index (κ3) is 5.16. The summed E-state index contributed by atoms with van der Waals surface area (Å²) in [6.45, 7) is 5.96. The van der Waals surface area contributed by atoms with E-state index in [2.05, 4.69) is 11.8 Å². The van der Waals surface area contributed by atoms with Gasteiger partial charge in [0.05, 0.1) is 24.4 Å². The highest BCUT2D eigenvalue weighted by atomic mass is 16.5. The molecule has 0 atom stereocenters. The lowest BCUT2D eigenvalue weighted by atomic mass is 10.1. The van der Waals surface area contributed by atoms with Crippen LogP contribution in [0.25, 0.3) is 0 Å². The van der Waals surface area contributed by atoms with E-state index >= 15 is 0 Å².